The Morgan fingerprint density at radius 2 is 1.96 bits per heavy atom. The molecule has 1 aliphatic heterocycles. The largest absolute Gasteiger partial charge is 0.491 e. The topological polar surface area (TPSA) is 61.8 Å². The summed E-state index contributed by atoms with van der Waals surface area (Å²) in [4.78, 5) is 12.3. The fraction of sp³-hybridized carbons (Fsp3) is 0.400. The third kappa shape index (κ3) is 3.26. The first-order valence-electron chi connectivity index (χ1n) is 6.89. The molecule has 1 heterocycles. The number of nitrogens with zero attached hydrogens (tertiary/aromatic N) is 1. The van der Waals surface area contributed by atoms with Crippen LogP contribution in [-0.2, 0) is 0 Å². The molecule has 1 saturated heterocycles. The standard InChI is InChI=1S/C15H17F3N2O3/c1-9(2)23-12-6-4-11(5-7-12)13(21)20-14(22,15(16,17)18)8-10(3)19-20/h4-7,9,19,22H,3,8H2,1-2H3. The van der Waals surface area contributed by atoms with Crippen molar-refractivity contribution < 1.29 is 27.8 Å². The SMILES string of the molecule is C=C1CC(O)(C(F)(F)F)N(C(=O)c2ccc(OC(C)C)cc2)N1. The van der Waals surface area contributed by atoms with E-state index in [1.165, 1.54) is 24.3 Å². The molecule has 2 N–H and O–H groups in total. The van der Waals surface area contributed by atoms with E-state index >= 15 is 0 Å². The molecular formula is C15H17F3N2O3. The van der Waals surface area contributed by atoms with Crippen molar-refractivity contribution in [1.82, 2.24) is 10.4 Å². The van der Waals surface area contributed by atoms with Crippen LogP contribution < -0.4 is 10.2 Å². The minimum absolute atomic E-state index is 0.0222. The van der Waals surface area contributed by atoms with E-state index in [0.29, 0.717) is 5.75 Å². The number of amides is 1. The van der Waals surface area contributed by atoms with Crippen molar-refractivity contribution in [3.05, 3.63) is 42.1 Å². The summed E-state index contributed by atoms with van der Waals surface area (Å²) in [7, 11) is 0. The number of nitrogens with one attached hydrogen (secondary N) is 1. The van der Waals surface area contributed by atoms with Gasteiger partial charge in [0.15, 0.2) is 0 Å². The molecule has 23 heavy (non-hydrogen) atoms. The lowest BCUT2D eigenvalue weighted by Crippen LogP contribution is -2.59. The molecule has 5 nitrogen and oxygen atoms in total. The molecule has 2 rings (SSSR count). The van der Waals surface area contributed by atoms with Crippen molar-refractivity contribution in [2.24, 2.45) is 0 Å². The fourth-order valence-electron chi connectivity index (χ4n) is 2.19. The minimum atomic E-state index is -5.02. The Hall–Kier alpha value is -2.22. The summed E-state index contributed by atoms with van der Waals surface area (Å²) in [5, 5.41) is 10.1. The molecule has 1 atom stereocenters. The van der Waals surface area contributed by atoms with Crippen LogP contribution in [0, 0.1) is 0 Å². The maximum Gasteiger partial charge on any atom is 0.438 e. The van der Waals surface area contributed by atoms with Crippen LogP contribution in [0.4, 0.5) is 13.2 Å². The van der Waals surface area contributed by atoms with Gasteiger partial charge in [-0.25, -0.2) is 5.01 Å². The zero-order valence-electron chi connectivity index (χ0n) is 12.6. The molecule has 0 spiro atoms. The molecule has 1 aromatic carbocycles. The van der Waals surface area contributed by atoms with Crippen LogP contribution in [0.3, 0.4) is 0 Å². The summed E-state index contributed by atoms with van der Waals surface area (Å²) in [5.74, 6) is -0.527. The van der Waals surface area contributed by atoms with Crippen LogP contribution in [0.15, 0.2) is 36.5 Å². The molecule has 0 aromatic heterocycles. The Kier molecular flexibility index (Phi) is 4.30. The van der Waals surface area contributed by atoms with Gasteiger partial charge in [-0.1, -0.05) is 6.58 Å². The number of aliphatic hydroxyl groups is 1. The number of hydrazine groups is 1. The number of hydrogen-bond acceptors (Lipinski definition) is 4. The Morgan fingerprint density at radius 3 is 2.43 bits per heavy atom. The Morgan fingerprint density at radius 1 is 1.39 bits per heavy atom. The summed E-state index contributed by atoms with van der Waals surface area (Å²) in [6, 6.07) is 5.62. The van der Waals surface area contributed by atoms with Crippen molar-refractivity contribution in [2.45, 2.75) is 38.3 Å². The van der Waals surface area contributed by atoms with Gasteiger partial charge in [0.05, 0.1) is 6.10 Å². The van der Waals surface area contributed by atoms with E-state index in [-0.39, 0.29) is 22.4 Å². The highest BCUT2D eigenvalue weighted by Gasteiger charge is 2.63. The number of carbonyl (C=O) groups excluding carboxylic acids is 1. The van der Waals surface area contributed by atoms with E-state index < -0.39 is 24.2 Å². The second kappa shape index (κ2) is 5.77. The van der Waals surface area contributed by atoms with Gasteiger partial charge < -0.3 is 9.84 Å². The molecular weight excluding hydrogens is 313 g/mol. The Labute approximate surface area is 131 Å². The average Bonchev–Trinajstić information content (AvgIpc) is 2.74. The maximum absolute atomic E-state index is 13.1. The molecule has 0 bridgehead atoms. The quantitative estimate of drug-likeness (QED) is 0.894. The first kappa shape index (κ1) is 17.1. The smallest absolute Gasteiger partial charge is 0.438 e. The first-order valence-corrected chi connectivity index (χ1v) is 6.89. The molecule has 126 valence electrons. The average molecular weight is 330 g/mol. The maximum atomic E-state index is 13.1. The normalized spacial score (nSPS) is 21.5. The van der Waals surface area contributed by atoms with Crippen LogP contribution in [0.25, 0.3) is 0 Å². The lowest BCUT2D eigenvalue weighted by molar-refractivity contribution is -0.299. The van der Waals surface area contributed by atoms with Crippen LogP contribution in [0.5, 0.6) is 5.75 Å². The number of halogens is 3. The molecule has 0 aliphatic carbocycles. The van der Waals surface area contributed by atoms with E-state index in [1.807, 2.05) is 13.8 Å². The summed E-state index contributed by atoms with van der Waals surface area (Å²) in [5.41, 5.74) is -1.26. The van der Waals surface area contributed by atoms with Gasteiger partial charge in [0.1, 0.15) is 5.75 Å². The summed E-state index contributed by atoms with van der Waals surface area (Å²) < 4.78 is 44.7. The highest BCUT2D eigenvalue weighted by molar-refractivity contribution is 5.94. The fourth-order valence-corrected chi connectivity index (χ4v) is 2.19. The van der Waals surface area contributed by atoms with Crippen LogP contribution in [-0.4, -0.2) is 34.0 Å². The molecule has 0 radical (unpaired) electrons. The summed E-state index contributed by atoms with van der Waals surface area (Å²) in [6.07, 6.45) is -5.91. The molecule has 1 unspecified atom stereocenters. The molecule has 0 saturated carbocycles. The van der Waals surface area contributed by atoms with Gasteiger partial charge in [-0.2, -0.15) is 13.2 Å². The van der Waals surface area contributed by atoms with Gasteiger partial charge in [0.25, 0.3) is 11.6 Å². The summed E-state index contributed by atoms with van der Waals surface area (Å²) >= 11 is 0. The highest BCUT2D eigenvalue weighted by Crippen LogP contribution is 2.41. The van der Waals surface area contributed by atoms with Crippen LogP contribution in [0.1, 0.15) is 30.6 Å². The van der Waals surface area contributed by atoms with Crippen LogP contribution >= 0.6 is 0 Å². The molecule has 1 fully saturated rings. The molecule has 8 heteroatoms. The van der Waals surface area contributed by atoms with Crippen molar-refractivity contribution in [3.8, 4) is 5.75 Å². The Balaban J connectivity index is 2.26. The first-order chi connectivity index (χ1) is 10.5. The van der Waals surface area contributed by atoms with E-state index in [4.69, 9.17) is 4.74 Å². The lowest BCUT2D eigenvalue weighted by atomic mass is 10.1. The van der Waals surface area contributed by atoms with Gasteiger partial charge in [-0.15, -0.1) is 0 Å². The predicted molar refractivity (Wildman–Crippen MR) is 76.3 cm³/mol. The lowest BCUT2D eigenvalue weighted by Gasteiger charge is -2.33. The summed E-state index contributed by atoms with van der Waals surface area (Å²) in [6.45, 7) is 6.99. The zero-order chi connectivity index (χ0) is 17.4. The van der Waals surface area contributed by atoms with Crippen molar-refractivity contribution >= 4 is 5.91 Å². The molecule has 1 aromatic rings. The number of ether oxygens (including phenoxy) is 1. The number of alkyl halides is 3. The second-order valence-electron chi connectivity index (χ2n) is 5.54. The zero-order valence-corrected chi connectivity index (χ0v) is 12.6. The minimum Gasteiger partial charge on any atom is -0.491 e. The van der Waals surface area contributed by atoms with E-state index in [2.05, 4.69) is 12.0 Å². The predicted octanol–water partition coefficient (Wildman–Crippen LogP) is 2.59. The van der Waals surface area contributed by atoms with Gasteiger partial charge in [-0.05, 0) is 38.1 Å². The molecule has 1 amide bonds. The van der Waals surface area contributed by atoms with Gasteiger partial charge in [-0.3, -0.25) is 10.2 Å². The second-order valence-corrected chi connectivity index (χ2v) is 5.54. The van der Waals surface area contributed by atoms with Crippen molar-refractivity contribution in [2.75, 3.05) is 0 Å². The number of carbonyl (C=O) groups is 1. The molecule has 1 aliphatic rings. The number of hydrogen-bond donors (Lipinski definition) is 2. The van der Waals surface area contributed by atoms with Gasteiger partial charge in [0, 0.05) is 17.7 Å². The van der Waals surface area contributed by atoms with Crippen molar-refractivity contribution in [3.63, 3.8) is 0 Å². The van der Waals surface area contributed by atoms with E-state index in [9.17, 15) is 23.1 Å². The van der Waals surface area contributed by atoms with Gasteiger partial charge in [0.2, 0.25) is 0 Å². The number of rotatable bonds is 3. The third-order valence-electron chi connectivity index (χ3n) is 3.23. The number of benzene rings is 1. The van der Waals surface area contributed by atoms with E-state index in [1.54, 1.807) is 0 Å². The Bertz CT molecular complexity index is 613. The van der Waals surface area contributed by atoms with Crippen LogP contribution in [0.2, 0.25) is 0 Å². The highest BCUT2D eigenvalue weighted by atomic mass is 19.4. The van der Waals surface area contributed by atoms with Gasteiger partial charge >= 0.3 is 6.18 Å². The monoisotopic (exact) mass is 330 g/mol. The van der Waals surface area contributed by atoms with Crippen molar-refractivity contribution in [1.29, 1.82) is 0 Å². The van der Waals surface area contributed by atoms with E-state index in [0.717, 1.165) is 0 Å². The third-order valence-corrected chi connectivity index (χ3v) is 3.23.